The van der Waals surface area contributed by atoms with E-state index in [1.807, 2.05) is 0 Å². The van der Waals surface area contributed by atoms with Gasteiger partial charge < -0.3 is 25.8 Å². The maximum atomic E-state index is 12.0. The molecule has 0 radical (unpaired) electrons. The lowest BCUT2D eigenvalue weighted by molar-refractivity contribution is 0.0601. The maximum absolute atomic E-state index is 12.0. The summed E-state index contributed by atoms with van der Waals surface area (Å²) < 4.78 is 9.94. The topological polar surface area (TPSA) is 111 Å². The molecule has 0 saturated heterocycles. The van der Waals surface area contributed by atoms with Crippen molar-refractivity contribution in [3.63, 3.8) is 0 Å². The Morgan fingerprint density at radius 1 is 1.22 bits per heavy atom. The number of rotatable bonds is 5. The van der Waals surface area contributed by atoms with E-state index in [0.717, 1.165) is 0 Å². The average molecular weight is 317 g/mol. The van der Waals surface area contributed by atoms with Crippen molar-refractivity contribution in [1.82, 2.24) is 9.97 Å². The van der Waals surface area contributed by atoms with Crippen molar-refractivity contribution in [3.05, 3.63) is 29.6 Å². The molecule has 0 saturated carbocycles. The lowest BCUT2D eigenvalue weighted by Crippen LogP contribution is -2.10. The molecule has 0 fully saturated rings. The number of aromatic nitrogens is 2. The van der Waals surface area contributed by atoms with Crippen molar-refractivity contribution in [1.29, 1.82) is 0 Å². The van der Waals surface area contributed by atoms with Gasteiger partial charge in [-0.3, -0.25) is 0 Å². The number of nitrogens with zero attached hydrogens (tertiary/aromatic N) is 2. The van der Waals surface area contributed by atoms with Crippen LogP contribution in [0, 0.1) is 6.92 Å². The van der Waals surface area contributed by atoms with Gasteiger partial charge >= 0.3 is 5.97 Å². The molecule has 122 valence electrons. The fourth-order valence-electron chi connectivity index (χ4n) is 2.03. The molecule has 0 aliphatic heterocycles. The Morgan fingerprint density at radius 3 is 2.52 bits per heavy atom. The normalized spacial score (nSPS) is 10.1. The number of carbonyl (C=O) groups is 1. The lowest BCUT2D eigenvalue weighted by atomic mass is 10.1. The Hall–Kier alpha value is -3.03. The number of aryl methyl sites for hydroxylation is 1. The second kappa shape index (κ2) is 6.82. The molecule has 8 heteroatoms. The van der Waals surface area contributed by atoms with Crippen LogP contribution in [0.4, 0.5) is 23.0 Å². The van der Waals surface area contributed by atoms with E-state index >= 15 is 0 Å². The van der Waals surface area contributed by atoms with Gasteiger partial charge in [0.2, 0.25) is 0 Å². The molecule has 1 heterocycles. The van der Waals surface area contributed by atoms with E-state index in [9.17, 15) is 4.79 Å². The highest BCUT2D eigenvalue weighted by Gasteiger charge is 2.16. The van der Waals surface area contributed by atoms with Gasteiger partial charge in [-0.25, -0.2) is 14.8 Å². The Labute approximate surface area is 134 Å². The van der Waals surface area contributed by atoms with Gasteiger partial charge in [-0.2, -0.15) is 0 Å². The summed E-state index contributed by atoms with van der Waals surface area (Å²) in [6.07, 6.45) is 0. The number of anilines is 4. The highest BCUT2D eigenvalue weighted by atomic mass is 16.5. The average Bonchev–Trinajstić information content (AvgIpc) is 2.57. The Bertz CT molecular complexity index is 733. The Balaban J connectivity index is 2.48. The van der Waals surface area contributed by atoms with E-state index < -0.39 is 5.97 Å². The van der Waals surface area contributed by atoms with Gasteiger partial charge in [0, 0.05) is 7.05 Å². The summed E-state index contributed by atoms with van der Waals surface area (Å²) in [6.45, 7) is 1.75. The minimum atomic E-state index is -0.496. The van der Waals surface area contributed by atoms with Crippen molar-refractivity contribution < 1.29 is 14.3 Å². The summed E-state index contributed by atoms with van der Waals surface area (Å²) in [4.78, 5) is 20.4. The summed E-state index contributed by atoms with van der Waals surface area (Å²) in [5, 5.41) is 5.95. The molecule has 0 spiro atoms. The van der Waals surface area contributed by atoms with Gasteiger partial charge in [-0.1, -0.05) is 0 Å². The van der Waals surface area contributed by atoms with Crippen LogP contribution in [-0.2, 0) is 4.74 Å². The first-order valence-electron chi connectivity index (χ1n) is 6.85. The number of methoxy groups -OCH3 is 2. The third kappa shape index (κ3) is 3.42. The smallest absolute Gasteiger partial charge is 0.340 e. The first-order chi connectivity index (χ1) is 11.0. The van der Waals surface area contributed by atoms with Crippen molar-refractivity contribution in [2.24, 2.45) is 0 Å². The molecule has 2 rings (SSSR count). The SMILES string of the molecule is CNc1nc(C)nc(Nc2ccc(OC)cc2C(=O)OC)c1N. The second-order valence-electron chi connectivity index (χ2n) is 4.66. The quantitative estimate of drug-likeness (QED) is 0.717. The molecule has 8 nitrogen and oxygen atoms in total. The zero-order valence-corrected chi connectivity index (χ0v) is 13.4. The van der Waals surface area contributed by atoms with Crippen LogP contribution in [0.5, 0.6) is 5.75 Å². The fourth-order valence-corrected chi connectivity index (χ4v) is 2.03. The predicted molar refractivity (Wildman–Crippen MR) is 88.3 cm³/mol. The number of esters is 1. The predicted octanol–water partition coefficient (Wildman–Crippen LogP) is 1.95. The number of hydrogen-bond acceptors (Lipinski definition) is 8. The third-order valence-corrected chi connectivity index (χ3v) is 3.18. The van der Waals surface area contributed by atoms with Crippen molar-refractivity contribution in [3.8, 4) is 5.75 Å². The standard InChI is InChI=1S/C15H19N5O3/c1-8-18-13(17-2)12(16)14(19-8)20-11-6-5-9(22-3)7-10(11)15(21)23-4/h5-7H,16H2,1-4H3,(H2,17,18,19,20). The molecule has 1 aromatic carbocycles. The number of benzene rings is 1. The van der Waals surface area contributed by atoms with Crippen molar-refractivity contribution in [2.45, 2.75) is 6.92 Å². The van der Waals surface area contributed by atoms with E-state index in [-0.39, 0.29) is 0 Å². The summed E-state index contributed by atoms with van der Waals surface area (Å²) >= 11 is 0. The summed E-state index contributed by atoms with van der Waals surface area (Å²) in [6, 6.07) is 5.00. The van der Waals surface area contributed by atoms with E-state index in [4.69, 9.17) is 15.2 Å². The van der Waals surface area contributed by atoms with Gasteiger partial charge in [0.25, 0.3) is 0 Å². The zero-order valence-electron chi connectivity index (χ0n) is 13.4. The van der Waals surface area contributed by atoms with Gasteiger partial charge in [0.15, 0.2) is 11.6 Å². The summed E-state index contributed by atoms with van der Waals surface area (Å²) in [7, 11) is 4.55. The van der Waals surface area contributed by atoms with Gasteiger partial charge in [0.1, 0.15) is 17.3 Å². The Morgan fingerprint density at radius 2 is 1.91 bits per heavy atom. The van der Waals surface area contributed by atoms with E-state index in [1.54, 1.807) is 32.2 Å². The molecule has 0 aliphatic carbocycles. The number of ether oxygens (including phenoxy) is 2. The van der Waals surface area contributed by atoms with Gasteiger partial charge in [0.05, 0.1) is 25.5 Å². The maximum Gasteiger partial charge on any atom is 0.340 e. The molecule has 23 heavy (non-hydrogen) atoms. The van der Waals surface area contributed by atoms with Crippen LogP contribution in [-0.4, -0.2) is 37.2 Å². The number of carbonyl (C=O) groups excluding carboxylic acids is 1. The largest absolute Gasteiger partial charge is 0.497 e. The van der Waals surface area contributed by atoms with Crippen LogP contribution < -0.4 is 21.1 Å². The summed E-state index contributed by atoms with van der Waals surface area (Å²) in [5.74, 6) is 1.49. The number of nitrogens with one attached hydrogen (secondary N) is 2. The Kier molecular flexibility index (Phi) is 4.85. The minimum absolute atomic E-state index is 0.313. The van der Waals surface area contributed by atoms with Crippen LogP contribution in [0.2, 0.25) is 0 Å². The van der Waals surface area contributed by atoms with Crippen LogP contribution in [0.3, 0.4) is 0 Å². The van der Waals surface area contributed by atoms with Crippen LogP contribution in [0.15, 0.2) is 18.2 Å². The van der Waals surface area contributed by atoms with Crippen molar-refractivity contribution >= 4 is 29.0 Å². The molecular formula is C15H19N5O3. The first kappa shape index (κ1) is 16.3. The van der Waals surface area contributed by atoms with Gasteiger partial charge in [-0.05, 0) is 25.1 Å². The number of nitrogens with two attached hydrogens (primary N) is 1. The van der Waals surface area contributed by atoms with E-state index in [2.05, 4.69) is 20.6 Å². The zero-order chi connectivity index (χ0) is 17.0. The molecule has 4 N–H and O–H groups in total. The highest BCUT2D eigenvalue weighted by molar-refractivity contribution is 5.97. The molecule has 0 amide bonds. The monoisotopic (exact) mass is 317 g/mol. The minimum Gasteiger partial charge on any atom is -0.497 e. The molecule has 1 aromatic heterocycles. The number of hydrogen-bond donors (Lipinski definition) is 3. The molecule has 0 atom stereocenters. The van der Waals surface area contributed by atoms with Crippen LogP contribution in [0.1, 0.15) is 16.2 Å². The summed E-state index contributed by atoms with van der Waals surface area (Å²) in [5.41, 5.74) is 7.20. The molecule has 2 aromatic rings. The fraction of sp³-hybridized carbons (Fsp3) is 0.267. The van der Waals surface area contributed by atoms with Crippen molar-refractivity contribution in [2.75, 3.05) is 37.6 Å². The van der Waals surface area contributed by atoms with E-state index in [0.29, 0.717) is 40.1 Å². The van der Waals surface area contributed by atoms with Crippen LogP contribution >= 0.6 is 0 Å². The third-order valence-electron chi connectivity index (χ3n) is 3.18. The lowest BCUT2D eigenvalue weighted by Gasteiger charge is -2.15. The highest BCUT2D eigenvalue weighted by Crippen LogP contribution is 2.30. The van der Waals surface area contributed by atoms with Gasteiger partial charge in [-0.15, -0.1) is 0 Å². The van der Waals surface area contributed by atoms with E-state index in [1.165, 1.54) is 14.2 Å². The molecular weight excluding hydrogens is 298 g/mol. The first-order valence-corrected chi connectivity index (χ1v) is 6.85. The van der Waals surface area contributed by atoms with Crippen LogP contribution in [0.25, 0.3) is 0 Å². The molecule has 0 bridgehead atoms. The molecule has 0 unspecified atom stereocenters. The number of nitrogen functional groups attached to an aromatic ring is 1. The second-order valence-corrected chi connectivity index (χ2v) is 4.66. The molecule has 0 aliphatic rings.